The molecule has 1 unspecified atom stereocenters. The predicted octanol–water partition coefficient (Wildman–Crippen LogP) is 15.5. The van der Waals surface area contributed by atoms with E-state index in [9.17, 15) is 0 Å². The topological polar surface area (TPSA) is 6.48 Å². The van der Waals surface area contributed by atoms with E-state index in [0.717, 1.165) is 0 Å². The van der Waals surface area contributed by atoms with Crippen molar-refractivity contribution in [2.24, 2.45) is 0 Å². The van der Waals surface area contributed by atoms with Gasteiger partial charge in [0.2, 0.25) is 0 Å². The quantitative estimate of drug-likeness (QED) is 0.0617. The molecule has 0 spiro atoms. The van der Waals surface area contributed by atoms with E-state index in [1.54, 1.807) is 0 Å². The number of unbranched alkanes of at least 4 members (excludes halogenated alkanes) is 32. The number of rotatable bonds is 38. The van der Waals surface area contributed by atoms with Crippen molar-refractivity contribution in [3.8, 4) is 0 Å². The van der Waals surface area contributed by atoms with Gasteiger partial charge in [0, 0.05) is 25.5 Å². The van der Waals surface area contributed by atoms with Crippen molar-refractivity contribution in [1.82, 2.24) is 9.80 Å². The van der Waals surface area contributed by atoms with Crippen LogP contribution in [0.2, 0.25) is 0 Å². The minimum Gasteiger partial charge on any atom is -0.356 e. The van der Waals surface area contributed by atoms with Gasteiger partial charge in [-0.2, -0.15) is 0 Å². The molecular weight excluding hydrogens is 556 g/mol. The lowest BCUT2D eigenvalue weighted by molar-refractivity contribution is 0.135. The first-order valence-electron chi connectivity index (χ1n) is 22.0. The average Bonchev–Trinajstić information content (AvgIpc) is 3.45. The maximum absolute atomic E-state index is 2.73. The molecule has 2 nitrogen and oxygen atoms in total. The van der Waals surface area contributed by atoms with Crippen LogP contribution < -0.4 is 0 Å². The van der Waals surface area contributed by atoms with E-state index in [1.165, 1.54) is 244 Å². The van der Waals surface area contributed by atoms with Gasteiger partial charge in [-0.15, -0.1) is 0 Å². The van der Waals surface area contributed by atoms with Gasteiger partial charge in [0.25, 0.3) is 0 Å². The highest BCUT2D eigenvalue weighted by Crippen LogP contribution is 2.24. The molecule has 0 aromatic rings. The van der Waals surface area contributed by atoms with Crippen molar-refractivity contribution < 1.29 is 0 Å². The third-order valence-corrected chi connectivity index (χ3v) is 10.8. The molecule has 0 aromatic carbocycles. The molecule has 0 N–H and O–H groups in total. The van der Waals surface area contributed by atoms with Crippen molar-refractivity contribution in [1.29, 1.82) is 0 Å². The molecule has 46 heavy (non-hydrogen) atoms. The lowest BCUT2D eigenvalue weighted by atomic mass is 10.0. The van der Waals surface area contributed by atoms with Crippen LogP contribution in [0.4, 0.5) is 0 Å². The first-order valence-corrected chi connectivity index (χ1v) is 22.0. The SMILES string of the molecule is CCCCCCCCCCCCCCCCN1C=CN(CCCCCCCCCCCC)C1CCCCCCCCCCCCC. The Bertz CT molecular complexity index is 601. The molecule has 2 heteroatoms. The van der Waals surface area contributed by atoms with Gasteiger partial charge in [-0.05, 0) is 25.7 Å². The minimum atomic E-state index is 0.638. The van der Waals surface area contributed by atoms with E-state index in [4.69, 9.17) is 0 Å². The summed E-state index contributed by atoms with van der Waals surface area (Å²) >= 11 is 0. The fraction of sp³-hybridized carbons (Fsp3) is 0.955. The fourth-order valence-corrected chi connectivity index (χ4v) is 7.60. The maximum atomic E-state index is 2.73. The van der Waals surface area contributed by atoms with Gasteiger partial charge >= 0.3 is 0 Å². The highest BCUT2D eigenvalue weighted by molar-refractivity contribution is 4.97. The van der Waals surface area contributed by atoms with Crippen LogP contribution in [0.25, 0.3) is 0 Å². The van der Waals surface area contributed by atoms with Crippen LogP contribution in [0, 0.1) is 0 Å². The van der Waals surface area contributed by atoms with Crippen LogP contribution in [0.15, 0.2) is 12.4 Å². The van der Waals surface area contributed by atoms with Gasteiger partial charge in [-0.1, -0.05) is 226 Å². The highest BCUT2D eigenvalue weighted by atomic mass is 15.4. The second kappa shape index (κ2) is 35.6. The lowest BCUT2D eigenvalue weighted by Gasteiger charge is -2.33. The van der Waals surface area contributed by atoms with E-state index in [1.807, 2.05) is 0 Å². The first-order chi connectivity index (χ1) is 22.8. The molecule has 0 saturated carbocycles. The van der Waals surface area contributed by atoms with Crippen LogP contribution in [0.5, 0.6) is 0 Å². The molecule has 1 aliphatic rings. The molecule has 0 fully saturated rings. The normalized spacial score (nSPS) is 14.7. The van der Waals surface area contributed by atoms with Crippen LogP contribution in [-0.2, 0) is 0 Å². The van der Waals surface area contributed by atoms with E-state index >= 15 is 0 Å². The van der Waals surface area contributed by atoms with Crippen molar-refractivity contribution in [2.45, 2.75) is 258 Å². The highest BCUT2D eigenvalue weighted by Gasteiger charge is 2.24. The standard InChI is InChI=1S/C44H88N2/c1-4-7-10-13-16-19-22-23-24-26-29-32-35-38-41-46-43-42-45(40-37-34-31-28-21-18-15-12-9-6-3)44(46)39-36-33-30-27-25-20-17-14-11-8-5-2/h42-44H,4-41H2,1-3H3. The predicted molar refractivity (Wildman–Crippen MR) is 210 cm³/mol. The van der Waals surface area contributed by atoms with Gasteiger partial charge in [-0.3, -0.25) is 0 Å². The molecule has 0 radical (unpaired) electrons. The van der Waals surface area contributed by atoms with Crippen LogP contribution in [0.3, 0.4) is 0 Å². The van der Waals surface area contributed by atoms with E-state index < -0.39 is 0 Å². The zero-order valence-electron chi connectivity index (χ0n) is 32.5. The summed E-state index contributed by atoms with van der Waals surface area (Å²) in [6.07, 6.45) is 57.4. The van der Waals surface area contributed by atoms with Crippen molar-refractivity contribution in [3.63, 3.8) is 0 Å². The molecule has 0 bridgehead atoms. The van der Waals surface area contributed by atoms with Crippen LogP contribution >= 0.6 is 0 Å². The van der Waals surface area contributed by atoms with Crippen molar-refractivity contribution >= 4 is 0 Å². The van der Waals surface area contributed by atoms with Gasteiger partial charge in [0.1, 0.15) is 6.17 Å². The summed E-state index contributed by atoms with van der Waals surface area (Å²) in [5.41, 5.74) is 0. The Morgan fingerprint density at radius 1 is 0.283 bits per heavy atom. The summed E-state index contributed by atoms with van der Waals surface area (Å²) in [6, 6.07) is 0. The zero-order chi connectivity index (χ0) is 33.0. The molecular formula is C44H88N2. The molecule has 0 saturated heterocycles. The molecule has 0 aliphatic carbocycles. The zero-order valence-corrected chi connectivity index (χ0v) is 32.5. The Labute approximate surface area is 292 Å². The molecule has 1 aliphatic heterocycles. The Hall–Kier alpha value is -0.660. The largest absolute Gasteiger partial charge is 0.356 e. The smallest absolute Gasteiger partial charge is 0.101 e. The molecule has 1 rings (SSSR count). The van der Waals surface area contributed by atoms with E-state index in [0.29, 0.717) is 6.17 Å². The van der Waals surface area contributed by atoms with Gasteiger partial charge < -0.3 is 9.80 Å². The first kappa shape index (κ1) is 43.4. The Morgan fingerprint density at radius 3 is 0.761 bits per heavy atom. The van der Waals surface area contributed by atoms with E-state index in [2.05, 4.69) is 43.0 Å². The van der Waals surface area contributed by atoms with Crippen molar-refractivity contribution in [2.75, 3.05) is 13.1 Å². The number of hydrogen-bond acceptors (Lipinski definition) is 2. The molecule has 0 amide bonds. The van der Waals surface area contributed by atoms with Crippen molar-refractivity contribution in [3.05, 3.63) is 12.4 Å². The Balaban J connectivity index is 2.21. The molecule has 274 valence electrons. The summed E-state index contributed by atoms with van der Waals surface area (Å²) in [5, 5.41) is 0. The third kappa shape index (κ3) is 27.3. The fourth-order valence-electron chi connectivity index (χ4n) is 7.60. The van der Waals surface area contributed by atoms with Gasteiger partial charge in [-0.25, -0.2) is 0 Å². The summed E-state index contributed by atoms with van der Waals surface area (Å²) in [7, 11) is 0. The van der Waals surface area contributed by atoms with Gasteiger partial charge in [0.15, 0.2) is 0 Å². The average molecular weight is 645 g/mol. The molecule has 1 heterocycles. The number of nitrogens with zero attached hydrogens (tertiary/aromatic N) is 2. The van der Waals surface area contributed by atoms with E-state index in [-0.39, 0.29) is 0 Å². The second-order valence-corrected chi connectivity index (χ2v) is 15.4. The van der Waals surface area contributed by atoms with Crippen LogP contribution in [-0.4, -0.2) is 29.1 Å². The minimum absolute atomic E-state index is 0.638. The number of hydrogen-bond donors (Lipinski definition) is 0. The Kier molecular flexibility index (Phi) is 33.6. The lowest BCUT2D eigenvalue weighted by Crippen LogP contribution is -2.39. The molecule has 0 aromatic heterocycles. The summed E-state index contributed by atoms with van der Waals surface area (Å²) in [4.78, 5) is 5.46. The maximum Gasteiger partial charge on any atom is 0.101 e. The molecule has 1 atom stereocenters. The summed E-state index contributed by atoms with van der Waals surface area (Å²) in [5.74, 6) is 0. The van der Waals surface area contributed by atoms with Crippen LogP contribution in [0.1, 0.15) is 252 Å². The van der Waals surface area contributed by atoms with Gasteiger partial charge in [0.05, 0.1) is 0 Å². The summed E-state index contributed by atoms with van der Waals surface area (Å²) in [6.45, 7) is 9.49. The monoisotopic (exact) mass is 645 g/mol. The second-order valence-electron chi connectivity index (χ2n) is 15.4. The third-order valence-electron chi connectivity index (χ3n) is 10.8. The summed E-state index contributed by atoms with van der Waals surface area (Å²) < 4.78 is 0. The Morgan fingerprint density at radius 2 is 0.500 bits per heavy atom.